The number of nitrogens with one attached hydrogen (secondary N) is 1. The molecule has 0 atom stereocenters. The van der Waals surface area contributed by atoms with Crippen molar-refractivity contribution in [1.29, 1.82) is 0 Å². The van der Waals surface area contributed by atoms with E-state index in [2.05, 4.69) is 12.2 Å². The maximum Gasteiger partial charge on any atom is 0.271 e. The molecule has 0 spiro atoms. The van der Waals surface area contributed by atoms with Gasteiger partial charge in [-0.15, -0.1) is 0 Å². The van der Waals surface area contributed by atoms with E-state index in [-0.39, 0.29) is 5.09 Å². The van der Waals surface area contributed by atoms with Crippen LogP contribution in [0, 0.1) is 0 Å². The Kier molecular flexibility index (Phi) is 4.31. The average molecular weight is 232 g/mol. The molecule has 0 amide bonds. The summed E-state index contributed by atoms with van der Waals surface area (Å²) in [5, 5.41) is 7.86. The van der Waals surface area contributed by atoms with Crippen molar-refractivity contribution in [2.45, 2.75) is 31.4 Å². The highest BCUT2D eigenvalue weighted by molar-refractivity contribution is 7.89. The molecule has 3 N–H and O–H groups in total. The summed E-state index contributed by atoms with van der Waals surface area (Å²) < 4.78 is 26.8. The van der Waals surface area contributed by atoms with Gasteiger partial charge in [0.05, 0.1) is 6.54 Å². The first-order valence-electron chi connectivity index (χ1n) is 4.86. The lowest BCUT2D eigenvalue weighted by atomic mass is 10.3. The highest BCUT2D eigenvalue weighted by Gasteiger charge is 2.12. The molecule has 0 unspecified atom stereocenters. The molecule has 1 heterocycles. The van der Waals surface area contributed by atoms with E-state index in [1.165, 1.54) is 6.07 Å². The molecule has 0 fully saturated rings. The smallest absolute Gasteiger partial charge is 0.271 e. The maximum absolute atomic E-state index is 10.9. The van der Waals surface area contributed by atoms with E-state index in [4.69, 9.17) is 9.56 Å². The van der Waals surface area contributed by atoms with Gasteiger partial charge in [-0.1, -0.05) is 13.3 Å². The van der Waals surface area contributed by atoms with Gasteiger partial charge in [0.2, 0.25) is 5.09 Å². The van der Waals surface area contributed by atoms with Crippen molar-refractivity contribution >= 4 is 10.0 Å². The van der Waals surface area contributed by atoms with E-state index < -0.39 is 10.0 Å². The van der Waals surface area contributed by atoms with Gasteiger partial charge in [-0.05, 0) is 25.1 Å². The van der Waals surface area contributed by atoms with Crippen LogP contribution in [0.1, 0.15) is 25.5 Å². The van der Waals surface area contributed by atoms with E-state index in [9.17, 15) is 8.42 Å². The van der Waals surface area contributed by atoms with Gasteiger partial charge in [-0.25, -0.2) is 13.6 Å². The summed E-state index contributed by atoms with van der Waals surface area (Å²) in [6.45, 7) is 3.52. The quantitative estimate of drug-likeness (QED) is 0.711. The highest BCUT2D eigenvalue weighted by atomic mass is 32.2. The van der Waals surface area contributed by atoms with E-state index in [1.54, 1.807) is 6.07 Å². The Hall–Kier alpha value is -0.850. The Morgan fingerprint density at radius 3 is 2.73 bits per heavy atom. The predicted molar refractivity (Wildman–Crippen MR) is 56.7 cm³/mol. The van der Waals surface area contributed by atoms with Crippen molar-refractivity contribution in [1.82, 2.24) is 5.32 Å². The molecule has 0 saturated heterocycles. The topological polar surface area (TPSA) is 85.3 Å². The Morgan fingerprint density at radius 2 is 2.20 bits per heavy atom. The maximum atomic E-state index is 10.9. The van der Waals surface area contributed by atoms with E-state index >= 15 is 0 Å². The second kappa shape index (κ2) is 5.29. The number of unbranched alkanes of at least 4 members (excludes halogenated alkanes) is 1. The summed E-state index contributed by atoms with van der Waals surface area (Å²) >= 11 is 0. The molecule has 0 aliphatic heterocycles. The third kappa shape index (κ3) is 4.03. The largest absolute Gasteiger partial charge is 0.447 e. The zero-order valence-electron chi connectivity index (χ0n) is 8.69. The molecule has 0 aliphatic rings. The van der Waals surface area contributed by atoms with Crippen LogP contribution in [0.4, 0.5) is 0 Å². The standard InChI is InChI=1S/C9H16N2O3S/c1-2-3-6-11-7-8-4-5-9(14-8)15(10,12)13/h4-5,11H,2-3,6-7H2,1H3,(H2,10,12,13). The Labute approximate surface area is 89.7 Å². The first-order valence-corrected chi connectivity index (χ1v) is 6.41. The lowest BCUT2D eigenvalue weighted by Gasteiger charge is -2.00. The second-order valence-corrected chi connectivity index (χ2v) is 4.79. The molecule has 0 saturated carbocycles. The molecule has 1 rings (SSSR count). The SMILES string of the molecule is CCCCNCc1ccc(S(N)(=O)=O)o1. The van der Waals surface area contributed by atoms with Gasteiger partial charge in [-0.2, -0.15) is 0 Å². The molecule has 1 aromatic heterocycles. The normalized spacial score (nSPS) is 11.9. The van der Waals surface area contributed by atoms with Gasteiger partial charge in [0.15, 0.2) is 0 Å². The minimum Gasteiger partial charge on any atom is -0.447 e. The highest BCUT2D eigenvalue weighted by Crippen LogP contribution is 2.11. The van der Waals surface area contributed by atoms with Crippen LogP contribution in [0.15, 0.2) is 21.6 Å². The van der Waals surface area contributed by atoms with Crippen LogP contribution in [0.3, 0.4) is 0 Å². The fourth-order valence-corrected chi connectivity index (χ4v) is 1.60. The zero-order chi connectivity index (χ0) is 11.3. The number of furan rings is 1. The van der Waals surface area contributed by atoms with Crippen molar-refractivity contribution in [2.75, 3.05) is 6.54 Å². The molecule has 0 aliphatic carbocycles. The first kappa shape index (κ1) is 12.2. The fraction of sp³-hybridized carbons (Fsp3) is 0.556. The summed E-state index contributed by atoms with van der Waals surface area (Å²) in [6.07, 6.45) is 2.20. The van der Waals surface area contributed by atoms with Gasteiger partial charge >= 0.3 is 0 Å². The molecule has 1 aromatic rings. The van der Waals surface area contributed by atoms with Crippen LogP contribution < -0.4 is 10.5 Å². The summed E-state index contributed by atoms with van der Waals surface area (Å²) in [5.74, 6) is 0.579. The molecule has 86 valence electrons. The van der Waals surface area contributed by atoms with Gasteiger partial charge < -0.3 is 9.73 Å². The molecule has 0 bridgehead atoms. The molecule has 15 heavy (non-hydrogen) atoms. The second-order valence-electron chi connectivity index (χ2n) is 3.30. The Balaban J connectivity index is 2.47. The molecule has 0 aromatic carbocycles. The van der Waals surface area contributed by atoms with Crippen molar-refractivity contribution in [3.05, 3.63) is 17.9 Å². The third-order valence-corrected chi connectivity index (χ3v) is 2.70. The number of sulfonamides is 1. The van der Waals surface area contributed by atoms with Crippen LogP contribution in [-0.4, -0.2) is 15.0 Å². The summed E-state index contributed by atoms with van der Waals surface area (Å²) in [5.41, 5.74) is 0. The van der Waals surface area contributed by atoms with Crippen LogP contribution >= 0.6 is 0 Å². The number of hydrogen-bond donors (Lipinski definition) is 2. The van der Waals surface area contributed by atoms with Crippen LogP contribution in [-0.2, 0) is 16.6 Å². The molecule has 0 radical (unpaired) electrons. The van der Waals surface area contributed by atoms with Crippen LogP contribution in [0.5, 0.6) is 0 Å². The monoisotopic (exact) mass is 232 g/mol. The Bertz CT molecular complexity index is 397. The predicted octanol–water partition coefficient (Wildman–Crippen LogP) is 0.817. The van der Waals surface area contributed by atoms with Crippen molar-refractivity contribution in [2.24, 2.45) is 5.14 Å². The summed E-state index contributed by atoms with van der Waals surface area (Å²) in [6, 6.07) is 2.98. The number of nitrogens with two attached hydrogens (primary N) is 1. The van der Waals surface area contributed by atoms with Gasteiger partial charge in [0, 0.05) is 0 Å². The summed E-state index contributed by atoms with van der Waals surface area (Å²) in [7, 11) is -3.71. The van der Waals surface area contributed by atoms with Crippen molar-refractivity contribution in [3.8, 4) is 0 Å². The number of rotatable bonds is 6. The lowest BCUT2D eigenvalue weighted by molar-refractivity contribution is 0.402. The minimum atomic E-state index is -3.71. The van der Waals surface area contributed by atoms with Crippen molar-refractivity contribution in [3.63, 3.8) is 0 Å². The van der Waals surface area contributed by atoms with E-state index in [1.807, 2.05) is 0 Å². The number of hydrogen-bond acceptors (Lipinski definition) is 4. The fourth-order valence-electron chi connectivity index (χ4n) is 1.12. The minimum absolute atomic E-state index is 0.185. The van der Waals surface area contributed by atoms with Gasteiger partial charge in [0.1, 0.15) is 5.76 Å². The van der Waals surface area contributed by atoms with Gasteiger partial charge in [0.25, 0.3) is 10.0 Å². The molecule has 6 heteroatoms. The third-order valence-electron chi connectivity index (χ3n) is 1.92. The average Bonchev–Trinajstić information content (AvgIpc) is 2.60. The molecule has 5 nitrogen and oxygen atoms in total. The van der Waals surface area contributed by atoms with E-state index in [0.717, 1.165) is 19.4 Å². The summed E-state index contributed by atoms with van der Waals surface area (Å²) in [4.78, 5) is 0. The molecular weight excluding hydrogens is 216 g/mol. The van der Waals surface area contributed by atoms with Crippen LogP contribution in [0.25, 0.3) is 0 Å². The first-order chi connectivity index (χ1) is 7.04. The number of primary sulfonamides is 1. The molecular formula is C9H16N2O3S. The van der Waals surface area contributed by atoms with Gasteiger partial charge in [-0.3, -0.25) is 0 Å². The zero-order valence-corrected chi connectivity index (χ0v) is 9.51. The van der Waals surface area contributed by atoms with E-state index in [0.29, 0.717) is 12.3 Å². The lowest BCUT2D eigenvalue weighted by Crippen LogP contribution is -2.14. The Morgan fingerprint density at radius 1 is 1.47 bits per heavy atom. The van der Waals surface area contributed by atoms with Crippen molar-refractivity contribution < 1.29 is 12.8 Å². The van der Waals surface area contributed by atoms with Crippen LogP contribution in [0.2, 0.25) is 0 Å².